The second-order valence-corrected chi connectivity index (χ2v) is 16.2. The Morgan fingerprint density at radius 1 is 0.627 bits per heavy atom. The van der Waals surface area contributed by atoms with Crippen LogP contribution in [0.2, 0.25) is 0 Å². The van der Waals surface area contributed by atoms with Gasteiger partial charge < -0.3 is 9.87 Å². The van der Waals surface area contributed by atoms with Crippen LogP contribution >= 0.6 is 0 Å². The summed E-state index contributed by atoms with van der Waals surface area (Å²) >= 11 is 0. The molecule has 0 aromatic rings. The number of nitrogens with one attached hydrogen (secondary N) is 2. The van der Waals surface area contributed by atoms with Crippen LogP contribution in [0.15, 0.2) is 0 Å². The molecule has 51 heavy (non-hydrogen) atoms. The lowest BCUT2D eigenvalue weighted by Crippen LogP contribution is -2.43. The van der Waals surface area contributed by atoms with Gasteiger partial charge in [0.25, 0.3) is 0 Å². The van der Waals surface area contributed by atoms with E-state index in [1.165, 1.54) is 198 Å². The van der Waals surface area contributed by atoms with Crippen LogP contribution in [0.4, 0.5) is 0 Å². The van der Waals surface area contributed by atoms with Gasteiger partial charge in [0.15, 0.2) is 0 Å². The van der Waals surface area contributed by atoms with Crippen LogP contribution in [-0.4, -0.2) is 55.7 Å². The minimum atomic E-state index is -4.41. The molecule has 1 aliphatic rings. The molecule has 1 atom stereocenters. The molecule has 1 aliphatic heterocycles. The molecule has 0 aromatic carbocycles. The molecule has 1 amide bonds. The standard InChI is InChI=1S/C41H81N3O.CH4O4S/c1-4-7-9-11-13-15-17-19-21-23-24-26-28-30-32-34-36-39-42-38-40(44(39)6-3)43-41(45)37-35-33-31-29-27-25-22-20-18-16-14-12-10-8-5-2;1-5-6(2,3)4/h40H,4-38H2,1-3H3,(H,43,45);1H3,(H,2,3,4). The number of carbonyl (C=O) groups excluding carboxylic acids is 1. The number of unbranched alkanes of at least 4 members (excludes halogenated alkanes) is 29. The Bertz CT molecular complexity index is 912. The van der Waals surface area contributed by atoms with E-state index in [9.17, 15) is 17.8 Å². The first kappa shape index (κ1) is 49.8. The molecule has 8 nitrogen and oxygen atoms in total. The SMILES string of the molecule is CCCCCCCCCCCCCCCCCCC1=[N+](CC)C(NC(=O)CCCCCCCCCCCCCCCCC)CN1.COS(=O)(=O)[O-]. The molecule has 0 spiro atoms. The summed E-state index contributed by atoms with van der Waals surface area (Å²) in [6.45, 7) is 8.63. The molecule has 2 N–H and O–H groups in total. The number of rotatable bonds is 36. The first-order valence-corrected chi connectivity index (χ1v) is 23.3. The van der Waals surface area contributed by atoms with Crippen molar-refractivity contribution in [2.75, 3.05) is 20.2 Å². The summed E-state index contributed by atoms with van der Waals surface area (Å²) < 4.78 is 33.4. The smallest absolute Gasteiger partial charge is 0.246 e. The van der Waals surface area contributed by atoms with Gasteiger partial charge in [0.1, 0.15) is 6.54 Å². The number of hydrogen-bond acceptors (Lipinski definition) is 6. The first-order valence-electron chi connectivity index (χ1n) is 22.0. The molecule has 1 unspecified atom stereocenters. The maximum absolute atomic E-state index is 12.6. The van der Waals surface area contributed by atoms with Gasteiger partial charge >= 0.3 is 0 Å². The van der Waals surface area contributed by atoms with E-state index in [0.29, 0.717) is 6.42 Å². The lowest BCUT2D eigenvalue weighted by atomic mass is 10.0. The fraction of sp³-hybridized carbons (Fsp3) is 0.952. The zero-order chi connectivity index (χ0) is 37.7. The minimum absolute atomic E-state index is 0.134. The molecule has 0 radical (unpaired) electrons. The maximum atomic E-state index is 12.6. The lowest BCUT2D eigenvalue weighted by molar-refractivity contribution is -0.557. The lowest BCUT2D eigenvalue weighted by Gasteiger charge is -2.13. The van der Waals surface area contributed by atoms with Crippen molar-refractivity contribution in [2.45, 2.75) is 239 Å². The number of likely N-dealkylation sites (N-methyl/N-ethyl adjacent to an activating group) is 1. The third-order valence-corrected chi connectivity index (χ3v) is 10.8. The third-order valence-electron chi connectivity index (χ3n) is 10.4. The zero-order valence-corrected chi connectivity index (χ0v) is 35.0. The summed E-state index contributed by atoms with van der Waals surface area (Å²) in [5.41, 5.74) is 0. The summed E-state index contributed by atoms with van der Waals surface area (Å²) in [5.74, 6) is 1.58. The van der Waals surface area contributed by atoms with E-state index < -0.39 is 10.4 Å². The van der Waals surface area contributed by atoms with E-state index >= 15 is 0 Å². The summed E-state index contributed by atoms with van der Waals surface area (Å²) in [7, 11) is -3.60. The quantitative estimate of drug-likeness (QED) is 0.0286. The van der Waals surface area contributed by atoms with Crippen molar-refractivity contribution >= 4 is 22.1 Å². The topological polar surface area (TPSA) is 111 Å². The van der Waals surface area contributed by atoms with E-state index in [1.54, 1.807) is 0 Å². The number of nitrogens with zero attached hydrogens (tertiary/aromatic N) is 1. The molecule has 0 saturated heterocycles. The van der Waals surface area contributed by atoms with Gasteiger partial charge in [-0.1, -0.05) is 200 Å². The van der Waals surface area contributed by atoms with Crippen molar-refractivity contribution in [3.8, 4) is 0 Å². The second-order valence-electron chi connectivity index (χ2n) is 15.0. The monoisotopic (exact) mass is 744 g/mol. The van der Waals surface area contributed by atoms with Crippen molar-refractivity contribution in [2.24, 2.45) is 0 Å². The average molecular weight is 744 g/mol. The Kier molecular flexibility index (Phi) is 36.3. The number of amides is 1. The van der Waals surface area contributed by atoms with Crippen LogP contribution < -0.4 is 10.6 Å². The fourth-order valence-electron chi connectivity index (χ4n) is 7.14. The van der Waals surface area contributed by atoms with Gasteiger partial charge in [-0.25, -0.2) is 13.0 Å². The average Bonchev–Trinajstić information content (AvgIpc) is 3.50. The molecule has 1 rings (SSSR count). The van der Waals surface area contributed by atoms with Crippen molar-refractivity contribution in [1.29, 1.82) is 0 Å². The second kappa shape index (κ2) is 37.1. The molecule has 0 saturated carbocycles. The molecular weight excluding hydrogens is 659 g/mol. The Labute approximate surface area is 317 Å². The zero-order valence-electron chi connectivity index (χ0n) is 34.2. The van der Waals surface area contributed by atoms with Crippen molar-refractivity contribution in [1.82, 2.24) is 10.6 Å². The van der Waals surface area contributed by atoms with Crippen LogP contribution in [0.3, 0.4) is 0 Å². The van der Waals surface area contributed by atoms with Gasteiger partial charge in [-0.2, -0.15) is 0 Å². The Morgan fingerprint density at radius 3 is 1.25 bits per heavy atom. The summed E-state index contributed by atoms with van der Waals surface area (Å²) in [6, 6.07) is 0. The maximum Gasteiger partial charge on any atom is 0.246 e. The summed E-state index contributed by atoms with van der Waals surface area (Å²) in [4.78, 5) is 12.6. The van der Waals surface area contributed by atoms with Gasteiger partial charge in [-0.05, 0) is 19.8 Å². The number of hydrogen-bond donors (Lipinski definition) is 2. The molecule has 0 aliphatic carbocycles. The highest BCUT2D eigenvalue weighted by Gasteiger charge is 2.30. The van der Waals surface area contributed by atoms with Gasteiger partial charge in [-0.15, -0.1) is 0 Å². The first-order chi connectivity index (χ1) is 24.8. The van der Waals surface area contributed by atoms with Crippen LogP contribution in [0.25, 0.3) is 0 Å². The van der Waals surface area contributed by atoms with Crippen LogP contribution in [0.5, 0.6) is 0 Å². The van der Waals surface area contributed by atoms with Gasteiger partial charge in [0.2, 0.25) is 28.3 Å². The van der Waals surface area contributed by atoms with Crippen molar-refractivity contribution in [3.63, 3.8) is 0 Å². The summed E-state index contributed by atoms with van der Waals surface area (Å²) in [5, 5.41) is 6.93. The highest BCUT2D eigenvalue weighted by molar-refractivity contribution is 7.80. The van der Waals surface area contributed by atoms with Crippen molar-refractivity contribution in [3.05, 3.63) is 0 Å². The van der Waals surface area contributed by atoms with E-state index in [4.69, 9.17) is 0 Å². The minimum Gasteiger partial charge on any atom is -0.726 e. The van der Waals surface area contributed by atoms with E-state index in [2.05, 4.69) is 40.2 Å². The third kappa shape index (κ3) is 34.3. The highest BCUT2D eigenvalue weighted by atomic mass is 32.3. The predicted octanol–water partition coefficient (Wildman–Crippen LogP) is 11.5. The molecular formula is C42H85N3O5S. The Hall–Kier alpha value is -1.19. The molecule has 1 heterocycles. The van der Waals surface area contributed by atoms with Crippen LogP contribution in [0.1, 0.15) is 233 Å². The Balaban J connectivity index is 0.00000381. The predicted molar refractivity (Wildman–Crippen MR) is 216 cm³/mol. The molecule has 304 valence electrons. The molecule has 0 aromatic heterocycles. The van der Waals surface area contributed by atoms with Gasteiger partial charge in [-0.3, -0.25) is 14.3 Å². The highest BCUT2D eigenvalue weighted by Crippen LogP contribution is 2.16. The van der Waals surface area contributed by atoms with E-state index in [0.717, 1.165) is 33.0 Å². The number of amidine groups is 1. The normalized spacial score (nSPS) is 14.4. The van der Waals surface area contributed by atoms with Crippen molar-refractivity contribution < 1.29 is 26.5 Å². The van der Waals surface area contributed by atoms with E-state index in [-0.39, 0.29) is 12.1 Å². The largest absolute Gasteiger partial charge is 0.726 e. The van der Waals surface area contributed by atoms with Crippen LogP contribution in [0, 0.1) is 0 Å². The molecule has 0 fully saturated rings. The van der Waals surface area contributed by atoms with Gasteiger partial charge in [0.05, 0.1) is 13.7 Å². The fourth-order valence-corrected chi connectivity index (χ4v) is 7.14. The van der Waals surface area contributed by atoms with Crippen LogP contribution in [-0.2, 0) is 19.4 Å². The summed E-state index contributed by atoms with van der Waals surface area (Å²) in [6.07, 6.45) is 45.0. The molecule has 0 bridgehead atoms. The van der Waals surface area contributed by atoms with E-state index in [1.807, 2.05) is 0 Å². The van der Waals surface area contributed by atoms with Gasteiger partial charge in [0, 0.05) is 12.8 Å². The Morgan fingerprint density at radius 2 is 0.941 bits per heavy atom. The molecule has 9 heteroatoms. The number of carbonyl (C=O) groups is 1.